The van der Waals surface area contributed by atoms with Gasteiger partial charge in [0.1, 0.15) is 0 Å². The molecule has 0 spiro atoms. The highest BCUT2D eigenvalue weighted by atomic mass is 16.6. The first-order valence-electron chi connectivity index (χ1n) is 5.79. The molecule has 0 heterocycles. The minimum atomic E-state index is -0.372. The van der Waals surface area contributed by atoms with Crippen molar-refractivity contribution >= 4 is 5.69 Å². The van der Waals surface area contributed by atoms with Crippen LogP contribution in [-0.4, -0.2) is 36.4 Å². The summed E-state index contributed by atoms with van der Waals surface area (Å²) in [6.45, 7) is 3.81. The first-order valence-corrected chi connectivity index (χ1v) is 5.79. The summed E-state index contributed by atoms with van der Waals surface area (Å²) in [5, 5.41) is 22.4. The van der Waals surface area contributed by atoms with E-state index in [0.717, 1.165) is 5.56 Å². The van der Waals surface area contributed by atoms with Crippen LogP contribution in [0.1, 0.15) is 11.1 Å². The van der Waals surface area contributed by atoms with Crippen molar-refractivity contribution in [1.29, 1.82) is 0 Å². The molecule has 100 valence electrons. The van der Waals surface area contributed by atoms with E-state index in [1.54, 1.807) is 13.0 Å². The van der Waals surface area contributed by atoms with Gasteiger partial charge in [0.15, 0.2) is 0 Å². The Kier molecular flexibility index (Phi) is 6.27. The highest BCUT2D eigenvalue weighted by molar-refractivity contribution is 5.44. The normalized spacial score (nSPS) is 10.6. The maximum absolute atomic E-state index is 10.8. The van der Waals surface area contributed by atoms with Gasteiger partial charge < -0.3 is 15.2 Å². The van der Waals surface area contributed by atoms with Crippen LogP contribution in [-0.2, 0) is 11.3 Å². The number of hydrogen-bond acceptors (Lipinski definition) is 5. The third kappa shape index (κ3) is 4.40. The Morgan fingerprint density at radius 2 is 2.22 bits per heavy atom. The molecule has 0 radical (unpaired) electrons. The third-order valence-electron chi connectivity index (χ3n) is 2.59. The lowest BCUT2D eigenvalue weighted by Gasteiger charge is -2.08. The largest absolute Gasteiger partial charge is 0.394 e. The topological polar surface area (TPSA) is 84.6 Å². The second-order valence-electron chi connectivity index (χ2n) is 3.83. The van der Waals surface area contributed by atoms with Crippen molar-refractivity contribution in [2.24, 2.45) is 0 Å². The average Bonchev–Trinajstić information content (AvgIpc) is 2.35. The molecule has 0 fully saturated rings. The summed E-state index contributed by atoms with van der Waals surface area (Å²) in [4.78, 5) is 10.4. The molecule has 0 saturated heterocycles. The molecule has 2 N–H and O–H groups in total. The molecule has 6 nitrogen and oxygen atoms in total. The third-order valence-corrected chi connectivity index (χ3v) is 2.59. The van der Waals surface area contributed by atoms with Gasteiger partial charge >= 0.3 is 0 Å². The van der Waals surface area contributed by atoms with Gasteiger partial charge in [-0.15, -0.1) is 0 Å². The van der Waals surface area contributed by atoms with Crippen LogP contribution in [0.4, 0.5) is 5.69 Å². The Bertz CT molecular complexity index is 396. The van der Waals surface area contributed by atoms with Crippen LogP contribution in [0.5, 0.6) is 0 Å². The highest BCUT2D eigenvalue weighted by Gasteiger charge is 2.12. The molecule has 0 amide bonds. The fraction of sp³-hybridized carbons (Fsp3) is 0.500. The quantitative estimate of drug-likeness (QED) is 0.411. The lowest BCUT2D eigenvalue weighted by Crippen LogP contribution is -2.20. The molecule has 0 bridgehead atoms. The molecule has 1 aromatic carbocycles. The molecule has 1 aromatic rings. The van der Waals surface area contributed by atoms with Crippen LogP contribution >= 0.6 is 0 Å². The minimum Gasteiger partial charge on any atom is -0.394 e. The summed E-state index contributed by atoms with van der Waals surface area (Å²) < 4.78 is 5.09. The van der Waals surface area contributed by atoms with E-state index in [9.17, 15) is 10.1 Å². The average molecular weight is 254 g/mol. The second-order valence-corrected chi connectivity index (χ2v) is 3.83. The van der Waals surface area contributed by atoms with Crippen LogP contribution in [0.3, 0.4) is 0 Å². The van der Waals surface area contributed by atoms with Crippen LogP contribution in [0.25, 0.3) is 0 Å². The smallest absolute Gasteiger partial charge is 0.272 e. The lowest BCUT2D eigenvalue weighted by molar-refractivity contribution is -0.385. The van der Waals surface area contributed by atoms with Crippen LogP contribution in [0.15, 0.2) is 18.2 Å². The predicted octanol–water partition coefficient (Wildman–Crippen LogP) is 1.00. The van der Waals surface area contributed by atoms with E-state index < -0.39 is 0 Å². The first kappa shape index (κ1) is 14.6. The van der Waals surface area contributed by atoms with Gasteiger partial charge in [-0.2, -0.15) is 0 Å². The number of nitro groups is 1. The summed E-state index contributed by atoms with van der Waals surface area (Å²) in [6, 6.07) is 5.05. The van der Waals surface area contributed by atoms with Crippen molar-refractivity contribution in [3.8, 4) is 0 Å². The molecular weight excluding hydrogens is 236 g/mol. The van der Waals surface area contributed by atoms with Crippen LogP contribution in [0, 0.1) is 17.0 Å². The van der Waals surface area contributed by atoms with Gasteiger partial charge in [0.25, 0.3) is 5.69 Å². The maximum atomic E-state index is 10.8. The van der Waals surface area contributed by atoms with Gasteiger partial charge in [-0.1, -0.05) is 12.1 Å². The fourth-order valence-electron chi connectivity index (χ4n) is 1.59. The van der Waals surface area contributed by atoms with Crippen molar-refractivity contribution in [2.45, 2.75) is 13.5 Å². The minimum absolute atomic E-state index is 0.0178. The number of nitrogens with one attached hydrogen (secondary N) is 1. The number of benzene rings is 1. The predicted molar refractivity (Wildman–Crippen MR) is 67.4 cm³/mol. The molecule has 18 heavy (non-hydrogen) atoms. The molecular formula is C12H18N2O4. The molecule has 1 rings (SSSR count). The molecule has 0 aromatic heterocycles. The summed E-state index contributed by atoms with van der Waals surface area (Å²) in [6.07, 6.45) is 0. The zero-order valence-corrected chi connectivity index (χ0v) is 10.4. The number of hydrogen-bond donors (Lipinski definition) is 2. The molecule has 0 aliphatic rings. The summed E-state index contributed by atoms with van der Waals surface area (Å²) in [7, 11) is 0. The van der Waals surface area contributed by atoms with E-state index in [1.807, 2.05) is 6.07 Å². The lowest BCUT2D eigenvalue weighted by atomic mass is 10.1. The highest BCUT2D eigenvalue weighted by Crippen LogP contribution is 2.20. The van der Waals surface area contributed by atoms with Gasteiger partial charge in [-0.05, 0) is 12.5 Å². The second kappa shape index (κ2) is 7.75. The van der Waals surface area contributed by atoms with E-state index in [-0.39, 0.29) is 17.2 Å². The number of rotatable bonds is 8. The fourth-order valence-corrected chi connectivity index (χ4v) is 1.59. The SMILES string of the molecule is Cc1c(CNCCOCCO)cccc1[N+](=O)[O-]. The van der Waals surface area contributed by atoms with Gasteiger partial charge in [-0.3, -0.25) is 10.1 Å². The zero-order valence-electron chi connectivity index (χ0n) is 10.4. The summed E-state index contributed by atoms with van der Waals surface area (Å²) >= 11 is 0. The van der Waals surface area contributed by atoms with Crippen LogP contribution < -0.4 is 5.32 Å². The Labute approximate surface area is 106 Å². The number of aliphatic hydroxyl groups excluding tert-OH is 1. The van der Waals surface area contributed by atoms with Crippen molar-refractivity contribution in [3.05, 3.63) is 39.4 Å². The van der Waals surface area contributed by atoms with Gasteiger partial charge in [0.2, 0.25) is 0 Å². The molecule has 0 unspecified atom stereocenters. The molecule has 0 atom stereocenters. The van der Waals surface area contributed by atoms with Crippen LogP contribution in [0.2, 0.25) is 0 Å². The number of aliphatic hydroxyl groups is 1. The van der Waals surface area contributed by atoms with Crippen molar-refractivity contribution in [1.82, 2.24) is 5.32 Å². The Morgan fingerprint density at radius 3 is 2.89 bits per heavy atom. The van der Waals surface area contributed by atoms with E-state index in [4.69, 9.17) is 9.84 Å². The maximum Gasteiger partial charge on any atom is 0.272 e. The standard InChI is InChI=1S/C12H18N2O4/c1-10-11(3-2-4-12(10)14(16)17)9-13-5-7-18-8-6-15/h2-4,13,15H,5-9H2,1H3. The molecule has 0 aliphatic carbocycles. The Balaban J connectivity index is 2.43. The van der Waals surface area contributed by atoms with E-state index in [1.165, 1.54) is 6.07 Å². The Morgan fingerprint density at radius 1 is 1.44 bits per heavy atom. The van der Waals surface area contributed by atoms with Gasteiger partial charge in [-0.25, -0.2) is 0 Å². The molecule has 0 aliphatic heterocycles. The molecule has 0 saturated carbocycles. The summed E-state index contributed by atoms with van der Waals surface area (Å²) in [5.74, 6) is 0. The van der Waals surface area contributed by atoms with E-state index in [0.29, 0.717) is 31.9 Å². The van der Waals surface area contributed by atoms with Crippen molar-refractivity contribution in [3.63, 3.8) is 0 Å². The van der Waals surface area contributed by atoms with Crippen molar-refractivity contribution < 1.29 is 14.8 Å². The van der Waals surface area contributed by atoms with Crippen molar-refractivity contribution in [2.75, 3.05) is 26.4 Å². The Hall–Kier alpha value is -1.50. The molecule has 6 heteroatoms. The number of nitro benzene ring substituents is 1. The van der Waals surface area contributed by atoms with E-state index >= 15 is 0 Å². The first-order chi connectivity index (χ1) is 8.66. The van der Waals surface area contributed by atoms with Gasteiger partial charge in [0.05, 0.1) is 24.7 Å². The van der Waals surface area contributed by atoms with Gasteiger partial charge in [0, 0.05) is 24.7 Å². The number of ether oxygens (including phenoxy) is 1. The number of nitrogens with zero attached hydrogens (tertiary/aromatic N) is 1. The summed E-state index contributed by atoms with van der Waals surface area (Å²) in [5.41, 5.74) is 1.74. The van der Waals surface area contributed by atoms with E-state index in [2.05, 4.69) is 5.32 Å². The monoisotopic (exact) mass is 254 g/mol. The zero-order chi connectivity index (χ0) is 13.4.